The van der Waals surface area contributed by atoms with Crippen LogP contribution in [0.3, 0.4) is 0 Å². The van der Waals surface area contributed by atoms with Crippen molar-refractivity contribution in [1.82, 2.24) is 0 Å². The number of hydrogen-bond donors (Lipinski definition) is 2. The van der Waals surface area contributed by atoms with Crippen molar-refractivity contribution >= 4 is 44.4 Å². The summed E-state index contributed by atoms with van der Waals surface area (Å²) in [7, 11) is -3.53. The lowest BCUT2D eigenvalue weighted by Crippen LogP contribution is -2.17. The van der Waals surface area contributed by atoms with Crippen LogP contribution >= 0.6 is 11.3 Å². The highest BCUT2D eigenvalue weighted by atomic mass is 32.2. The zero-order valence-corrected chi connectivity index (χ0v) is 17.3. The molecule has 0 saturated heterocycles. The van der Waals surface area contributed by atoms with Gasteiger partial charge in [-0.15, -0.1) is 11.3 Å². The molecule has 0 atom stereocenters. The first-order valence-electron chi connectivity index (χ1n) is 8.88. The molecule has 1 heterocycles. The van der Waals surface area contributed by atoms with E-state index >= 15 is 0 Å². The SMILES string of the molecule is Cc1ccc(S(=O)(=O)CCC(=O)Nc2cccc(NC(=O)c3cccs3)c2)cc1. The molecule has 0 spiro atoms. The lowest BCUT2D eigenvalue weighted by molar-refractivity contribution is -0.115. The van der Waals surface area contributed by atoms with E-state index in [1.54, 1.807) is 60.7 Å². The van der Waals surface area contributed by atoms with Gasteiger partial charge in [0.15, 0.2) is 9.84 Å². The number of aryl methyl sites for hydroxylation is 1. The lowest BCUT2D eigenvalue weighted by atomic mass is 10.2. The molecule has 2 amide bonds. The molecule has 0 aliphatic carbocycles. The number of benzene rings is 2. The Kier molecular flexibility index (Phi) is 6.46. The Balaban J connectivity index is 1.58. The zero-order valence-electron chi connectivity index (χ0n) is 15.7. The van der Waals surface area contributed by atoms with E-state index in [4.69, 9.17) is 0 Å². The van der Waals surface area contributed by atoms with Crippen LogP contribution in [0.4, 0.5) is 11.4 Å². The Labute approximate surface area is 173 Å². The molecule has 2 N–H and O–H groups in total. The number of nitrogens with one attached hydrogen (secondary N) is 2. The Morgan fingerprint density at radius 3 is 2.28 bits per heavy atom. The quantitative estimate of drug-likeness (QED) is 0.592. The second-order valence-corrected chi connectivity index (χ2v) is 9.50. The van der Waals surface area contributed by atoms with Crippen LogP contribution in [0.2, 0.25) is 0 Å². The second kappa shape index (κ2) is 9.02. The number of thiophene rings is 1. The molecule has 8 heteroatoms. The minimum atomic E-state index is -3.53. The molecule has 150 valence electrons. The number of carbonyl (C=O) groups is 2. The van der Waals surface area contributed by atoms with E-state index in [0.29, 0.717) is 16.3 Å². The highest BCUT2D eigenvalue weighted by Gasteiger charge is 2.16. The fraction of sp³-hybridized carbons (Fsp3) is 0.143. The summed E-state index contributed by atoms with van der Waals surface area (Å²) in [4.78, 5) is 25.1. The van der Waals surface area contributed by atoms with Crippen LogP contribution in [0, 0.1) is 6.92 Å². The van der Waals surface area contributed by atoms with Crippen molar-refractivity contribution in [2.45, 2.75) is 18.2 Å². The summed E-state index contributed by atoms with van der Waals surface area (Å²) >= 11 is 1.33. The first-order chi connectivity index (χ1) is 13.8. The summed E-state index contributed by atoms with van der Waals surface area (Å²) in [5.74, 6) is -0.924. The van der Waals surface area contributed by atoms with Gasteiger partial charge in [0.05, 0.1) is 15.5 Å². The van der Waals surface area contributed by atoms with Gasteiger partial charge in [-0.05, 0) is 48.7 Å². The molecule has 0 fully saturated rings. The van der Waals surface area contributed by atoms with Crippen molar-refractivity contribution in [2.75, 3.05) is 16.4 Å². The Morgan fingerprint density at radius 2 is 1.62 bits per heavy atom. The van der Waals surface area contributed by atoms with Crippen LogP contribution in [0.15, 0.2) is 70.9 Å². The van der Waals surface area contributed by atoms with Gasteiger partial charge in [0.2, 0.25) is 5.91 Å². The van der Waals surface area contributed by atoms with Crippen molar-refractivity contribution in [3.05, 3.63) is 76.5 Å². The van der Waals surface area contributed by atoms with E-state index in [9.17, 15) is 18.0 Å². The van der Waals surface area contributed by atoms with Crippen molar-refractivity contribution < 1.29 is 18.0 Å². The van der Waals surface area contributed by atoms with E-state index in [0.717, 1.165) is 5.56 Å². The topological polar surface area (TPSA) is 92.3 Å². The van der Waals surface area contributed by atoms with E-state index in [-0.39, 0.29) is 23.0 Å². The van der Waals surface area contributed by atoms with Gasteiger partial charge in [-0.1, -0.05) is 29.8 Å². The van der Waals surface area contributed by atoms with Crippen LogP contribution in [-0.4, -0.2) is 26.0 Å². The van der Waals surface area contributed by atoms with Gasteiger partial charge in [-0.2, -0.15) is 0 Å². The van der Waals surface area contributed by atoms with Crippen molar-refractivity contribution in [3.8, 4) is 0 Å². The first kappa shape index (κ1) is 20.8. The van der Waals surface area contributed by atoms with E-state index < -0.39 is 15.7 Å². The van der Waals surface area contributed by atoms with Crippen molar-refractivity contribution in [1.29, 1.82) is 0 Å². The molecule has 0 aliphatic rings. The van der Waals surface area contributed by atoms with Crippen LogP contribution in [0.25, 0.3) is 0 Å². The fourth-order valence-corrected chi connectivity index (χ4v) is 4.45. The smallest absolute Gasteiger partial charge is 0.265 e. The van der Waals surface area contributed by atoms with Crippen LogP contribution in [0.1, 0.15) is 21.7 Å². The van der Waals surface area contributed by atoms with Crippen molar-refractivity contribution in [3.63, 3.8) is 0 Å². The minimum absolute atomic E-state index is 0.165. The van der Waals surface area contributed by atoms with Crippen molar-refractivity contribution in [2.24, 2.45) is 0 Å². The third-order valence-electron chi connectivity index (χ3n) is 4.13. The van der Waals surface area contributed by atoms with E-state index in [1.807, 2.05) is 12.3 Å². The summed E-state index contributed by atoms with van der Waals surface area (Å²) in [6.45, 7) is 1.88. The molecule has 29 heavy (non-hydrogen) atoms. The minimum Gasteiger partial charge on any atom is -0.326 e. The third kappa shape index (κ3) is 5.75. The average molecular weight is 429 g/mol. The maximum atomic E-state index is 12.4. The van der Waals surface area contributed by atoms with E-state index in [1.165, 1.54) is 11.3 Å². The van der Waals surface area contributed by atoms with Crippen LogP contribution in [-0.2, 0) is 14.6 Å². The second-order valence-electron chi connectivity index (χ2n) is 6.44. The molecule has 3 rings (SSSR count). The number of sulfone groups is 1. The maximum absolute atomic E-state index is 12.4. The van der Waals surface area contributed by atoms with Gasteiger partial charge in [0, 0.05) is 17.8 Å². The molecule has 3 aromatic rings. The Hall–Kier alpha value is -2.97. The normalized spacial score (nSPS) is 11.1. The number of amides is 2. The highest BCUT2D eigenvalue weighted by Crippen LogP contribution is 2.18. The molecule has 6 nitrogen and oxygen atoms in total. The highest BCUT2D eigenvalue weighted by molar-refractivity contribution is 7.91. The van der Waals surface area contributed by atoms with Crippen LogP contribution < -0.4 is 10.6 Å². The molecule has 0 radical (unpaired) electrons. The average Bonchev–Trinajstić information content (AvgIpc) is 3.22. The third-order valence-corrected chi connectivity index (χ3v) is 6.73. The van der Waals surface area contributed by atoms with Gasteiger partial charge < -0.3 is 10.6 Å². The first-order valence-corrected chi connectivity index (χ1v) is 11.4. The summed E-state index contributed by atoms with van der Waals surface area (Å²) in [6, 6.07) is 16.8. The van der Waals surface area contributed by atoms with Crippen LogP contribution in [0.5, 0.6) is 0 Å². The molecule has 1 aromatic heterocycles. The molecular weight excluding hydrogens is 408 g/mol. The predicted molar refractivity (Wildman–Crippen MR) is 115 cm³/mol. The Bertz CT molecular complexity index is 1110. The van der Waals surface area contributed by atoms with Gasteiger partial charge in [0.1, 0.15) is 0 Å². The molecule has 0 aliphatic heterocycles. The number of carbonyl (C=O) groups excluding carboxylic acids is 2. The molecule has 0 unspecified atom stereocenters. The van der Waals surface area contributed by atoms with E-state index in [2.05, 4.69) is 10.6 Å². The standard InChI is InChI=1S/C21H20N2O4S2/c1-15-7-9-18(10-8-15)29(26,27)13-11-20(24)22-16-4-2-5-17(14-16)23-21(25)19-6-3-12-28-19/h2-10,12,14H,11,13H2,1H3,(H,22,24)(H,23,25). The zero-order chi connectivity index (χ0) is 20.9. The largest absolute Gasteiger partial charge is 0.326 e. The predicted octanol–water partition coefficient (Wildman–Crippen LogP) is 4.11. The summed E-state index contributed by atoms with van der Waals surface area (Å²) in [6.07, 6.45) is -0.165. The molecular formula is C21H20N2O4S2. The van der Waals surface area contributed by atoms with Gasteiger partial charge in [0.25, 0.3) is 5.91 Å². The lowest BCUT2D eigenvalue weighted by Gasteiger charge is -2.09. The Morgan fingerprint density at radius 1 is 0.931 bits per heavy atom. The maximum Gasteiger partial charge on any atom is 0.265 e. The molecule has 2 aromatic carbocycles. The monoisotopic (exact) mass is 428 g/mol. The number of anilines is 2. The van der Waals surface area contributed by atoms with Gasteiger partial charge in [-0.3, -0.25) is 9.59 Å². The fourth-order valence-electron chi connectivity index (χ4n) is 2.59. The molecule has 0 saturated carbocycles. The molecule has 0 bridgehead atoms. The number of hydrogen-bond acceptors (Lipinski definition) is 5. The summed E-state index contributed by atoms with van der Waals surface area (Å²) in [5, 5.41) is 7.25. The summed E-state index contributed by atoms with van der Waals surface area (Å²) in [5.41, 5.74) is 1.98. The van der Waals surface area contributed by atoms with Gasteiger partial charge >= 0.3 is 0 Å². The van der Waals surface area contributed by atoms with Gasteiger partial charge in [-0.25, -0.2) is 8.42 Å². The summed E-state index contributed by atoms with van der Waals surface area (Å²) < 4.78 is 24.7. The number of rotatable bonds is 7.